The van der Waals surface area contributed by atoms with Crippen LogP contribution in [0.15, 0.2) is 16.7 Å². The Kier molecular flexibility index (Phi) is 3.58. The van der Waals surface area contributed by atoms with Crippen molar-refractivity contribution in [2.45, 2.75) is 13.0 Å². The van der Waals surface area contributed by atoms with Crippen LogP contribution in [-0.2, 0) is 4.74 Å². The zero-order valence-corrected chi connectivity index (χ0v) is 10.3. The highest BCUT2D eigenvalue weighted by molar-refractivity contribution is 6.30. The standard InChI is InChI=1S/C11H9ClF2N2O2/c1-5(17-2)11-15-10(16-18-11)6-3-9(14)7(12)4-8(6)13/h3-5H,1-2H3/t5-/m1/s1. The van der Waals surface area contributed by atoms with Crippen LogP contribution in [0, 0.1) is 11.6 Å². The minimum Gasteiger partial charge on any atom is -0.372 e. The maximum absolute atomic E-state index is 13.6. The largest absolute Gasteiger partial charge is 0.372 e. The van der Waals surface area contributed by atoms with E-state index in [1.54, 1.807) is 6.92 Å². The van der Waals surface area contributed by atoms with Crippen LogP contribution in [0.3, 0.4) is 0 Å². The Labute approximate surface area is 107 Å². The number of methoxy groups -OCH3 is 1. The summed E-state index contributed by atoms with van der Waals surface area (Å²) in [6.07, 6.45) is -0.425. The van der Waals surface area contributed by atoms with Crippen molar-refractivity contribution in [1.82, 2.24) is 10.1 Å². The smallest absolute Gasteiger partial charge is 0.255 e. The highest BCUT2D eigenvalue weighted by Crippen LogP contribution is 2.27. The van der Waals surface area contributed by atoms with Crippen LogP contribution in [-0.4, -0.2) is 17.3 Å². The second kappa shape index (κ2) is 4.99. The fourth-order valence-electron chi connectivity index (χ4n) is 1.30. The van der Waals surface area contributed by atoms with E-state index in [9.17, 15) is 8.78 Å². The normalized spacial score (nSPS) is 12.7. The molecule has 4 nitrogen and oxygen atoms in total. The number of hydrogen-bond acceptors (Lipinski definition) is 4. The van der Waals surface area contributed by atoms with Gasteiger partial charge < -0.3 is 9.26 Å². The Morgan fingerprint density at radius 1 is 1.33 bits per heavy atom. The summed E-state index contributed by atoms with van der Waals surface area (Å²) in [4.78, 5) is 3.93. The first-order valence-electron chi connectivity index (χ1n) is 5.04. The average molecular weight is 275 g/mol. The molecule has 7 heteroatoms. The molecule has 0 saturated heterocycles. The molecule has 1 atom stereocenters. The van der Waals surface area contributed by atoms with Gasteiger partial charge in [-0.2, -0.15) is 4.98 Å². The molecule has 1 heterocycles. The van der Waals surface area contributed by atoms with Crippen molar-refractivity contribution < 1.29 is 18.0 Å². The van der Waals surface area contributed by atoms with E-state index < -0.39 is 17.7 Å². The van der Waals surface area contributed by atoms with Gasteiger partial charge in [-0.05, 0) is 19.1 Å². The fourth-order valence-corrected chi connectivity index (χ4v) is 1.45. The van der Waals surface area contributed by atoms with E-state index in [-0.39, 0.29) is 22.3 Å². The van der Waals surface area contributed by atoms with Crippen LogP contribution >= 0.6 is 11.6 Å². The fraction of sp³-hybridized carbons (Fsp3) is 0.273. The number of halogens is 3. The van der Waals surface area contributed by atoms with Gasteiger partial charge in [0.25, 0.3) is 5.89 Å². The first-order valence-corrected chi connectivity index (χ1v) is 5.42. The van der Waals surface area contributed by atoms with E-state index in [0.717, 1.165) is 12.1 Å². The molecule has 96 valence electrons. The monoisotopic (exact) mass is 274 g/mol. The van der Waals surface area contributed by atoms with Gasteiger partial charge in [0, 0.05) is 7.11 Å². The molecule has 0 N–H and O–H groups in total. The number of benzene rings is 1. The quantitative estimate of drug-likeness (QED) is 0.805. The molecule has 2 aromatic rings. The first kappa shape index (κ1) is 12.9. The summed E-state index contributed by atoms with van der Waals surface area (Å²) < 4.78 is 36.7. The van der Waals surface area contributed by atoms with E-state index in [4.69, 9.17) is 20.9 Å². The van der Waals surface area contributed by atoms with Gasteiger partial charge in [-0.3, -0.25) is 0 Å². The Morgan fingerprint density at radius 2 is 2.06 bits per heavy atom. The molecule has 0 spiro atoms. The number of aromatic nitrogens is 2. The lowest BCUT2D eigenvalue weighted by atomic mass is 10.2. The van der Waals surface area contributed by atoms with Crippen molar-refractivity contribution in [1.29, 1.82) is 0 Å². The van der Waals surface area contributed by atoms with Gasteiger partial charge in [0.15, 0.2) is 0 Å². The van der Waals surface area contributed by atoms with Gasteiger partial charge in [0.1, 0.15) is 17.7 Å². The molecule has 1 aromatic carbocycles. The SMILES string of the molecule is CO[C@H](C)c1nc(-c2cc(F)c(Cl)cc2F)no1. The van der Waals surface area contributed by atoms with Crippen molar-refractivity contribution in [3.05, 3.63) is 34.7 Å². The number of ether oxygens (including phenoxy) is 1. The molecule has 0 aliphatic carbocycles. The lowest BCUT2D eigenvalue weighted by molar-refractivity contribution is 0.0886. The minimum atomic E-state index is -0.751. The number of nitrogens with zero attached hydrogens (tertiary/aromatic N) is 2. The molecule has 0 aliphatic heterocycles. The summed E-state index contributed by atoms with van der Waals surface area (Å²) in [5.74, 6) is -1.35. The van der Waals surface area contributed by atoms with Crippen LogP contribution in [0.4, 0.5) is 8.78 Å². The summed E-state index contributed by atoms with van der Waals surface area (Å²) in [5, 5.41) is 3.27. The Morgan fingerprint density at radius 3 is 2.72 bits per heavy atom. The van der Waals surface area contributed by atoms with Gasteiger partial charge in [-0.1, -0.05) is 16.8 Å². The summed E-state index contributed by atoms with van der Waals surface area (Å²) in [7, 11) is 1.47. The topological polar surface area (TPSA) is 48.2 Å². The molecule has 2 rings (SSSR count). The highest BCUT2D eigenvalue weighted by atomic mass is 35.5. The molecule has 0 fully saturated rings. The van der Waals surface area contributed by atoms with Crippen molar-refractivity contribution >= 4 is 11.6 Å². The van der Waals surface area contributed by atoms with Gasteiger partial charge in [0.2, 0.25) is 5.82 Å². The maximum atomic E-state index is 13.6. The Bertz CT molecular complexity index is 574. The summed E-state index contributed by atoms with van der Waals surface area (Å²) in [6, 6.07) is 1.78. The van der Waals surface area contributed by atoms with E-state index in [1.165, 1.54) is 7.11 Å². The van der Waals surface area contributed by atoms with E-state index in [1.807, 2.05) is 0 Å². The number of rotatable bonds is 3. The van der Waals surface area contributed by atoms with Crippen LogP contribution in [0.2, 0.25) is 5.02 Å². The predicted molar refractivity (Wildman–Crippen MR) is 60.1 cm³/mol. The predicted octanol–water partition coefficient (Wildman–Crippen LogP) is 3.38. The van der Waals surface area contributed by atoms with Crippen LogP contribution in [0.25, 0.3) is 11.4 Å². The van der Waals surface area contributed by atoms with Crippen molar-refractivity contribution in [2.75, 3.05) is 7.11 Å². The molecule has 0 radical (unpaired) electrons. The minimum absolute atomic E-state index is 0.0537. The number of hydrogen-bond donors (Lipinski definition) is 0. The maximum Gasteiger partial charge on any atom is 0.255 e. The zero-order chi connectivity index (χ0) is 13.3. The summed E-state index contributed by atoms with van der Waals surface area (Å²) >= 11 is 5.45. The highest BCUT2D eigenvalue weighted by Gasteiger charge is 2.18. The van der Waals surface area contributed by atoms with E-state index >= 15 is 0 Å². The molecule has 1 aromatic heterocycles. The molecule has 0 unspecified atom stereocenters. The lowest BCUT2D eigenvalue weighted by Crippen LogP contribution is -1.96. The van der Waals surface area contributed by atoms with Crippen molar-refractivity contribution in [3.8, 4) is 11.4 Å². The van der Waals surface area contributed by atoms with Gasteiger partial charge >= 0.3 is 0 Å². The average Bonchev–Trinajstić information content (AvgIpc) is 2.82. The molecular weight excluding hydrogens is 266 g/mol. The van der Waals surface area contributed by atoms with Crippen LogP contribution in [0.1, 0.15) is 18.9 Å². The Hall–Kier alpha value is -1.53. The third kappa shape index (κ3) is 2.34. The molecule has 0 aliphatic rings. The second-order valence-corrected chi connectivity index (χ2v) is 3.99. The second-order valence-electron chi connectivity index (χ2n) is 3.58. The van der Waals surface area contributed by atoms with Crippen LogP contribution in [0.5, 0.6) is 0 Å². The molecule has 0 amide bonds. The molecule has 18 heavy (non-hydrogen) atoms. The molecule has 0 saturated carbocycles. The summed E-state index contributed by atoms with van der Waals surface area (Å²) in [6.45, 7) is 1.69. The molecule has 0 bridgehead atoms. The van der Waals surface area contributed by atoms with Crippen molar-refractivity contribution in [3.63, 3.8) is 0 Å². The summed E-state index contributed by atoms with van der Waals surface area (Å²) in [5.41, 5.74) is -0.116. The van der Waals surface area contributed by atoms with Crippen LogP contribution < -0.4 is 0 Å². The zero-order valence-electron chi connectivity index (χ0n) is 9.58. The van der Waals surface area contributed by atoms with Crippen molar-refractivity contribution in [2.24, 2.45) is 0 Å². The Balaban J connectivity index is 2.43. The van der Waals surface area contributed by atoms with Gasteiger partial charge in [-0.15, -0.1) is 0 Å². The van der Waals surface area contributed by atoms with E-state index in [0.29, 0.717) is 0 Å². The first-order chi connectivity index (χ1) is 8.52. The van der Waals surface area contributed by atoms with E-state index in [2.05, 4.69) is 10.1 Å². The molecular formula is C11H9ClF2N2O2. The lowest BCUT2D eigenvalue weighted by Gasteiger charge is -2.01. The third-order valence-corrected chi connectivity index (χ3v) is 2.68. The van der Waals surface area contributed by atoms with Gasteiger partial charge in [0.05, 0.1) is 10.6 Å². The third-order valence-electron chi connectivity index (χ3n) is 2.39. The van der Waals surface area contributed by atoms with Gasteiger partial charge in [-0.25, -0.2) is 8.78 Å².